The molecule has 1 N–H and O–H groups in total. The van der Waals surface area contributed by atoms with Crippen LogP contribution in [0, 0.1) is 5.92 Å². The van der Waals surface area contributed by atoms with E-state index in [9.17, 15) is 4.79 Å². The first kappa shape index (κ1) is 6.16. The molecule has 3 heteroatoms. The number of hydrogen-bond acceptors (Lipinski definition) is 2. The lowest BCUT2D eigenvalue weighted by Gasteiger charge is -2.37. The van der Waals surface area contributed by atoms with Crippen molar-refractivity contribution in [3.63, 3.8) is 0 Å². The number of nitrogens with zero attached hydrogens (tertiary/aromatic N) is 1. The second-order valence-electron chi connectivity index (χ2n) is 3.19. The molecule has 0 aromatic rings. The van der Waals surface area contributed by atoms with E-state index < -0.39 is 0 Å². The Morgan fingerprint density at radius 3 is 3.30 bits per heavy atom. The Morgan fingerprint density at radius 1 is 1.60 bits per heavy atom. The predicted octanol–water partition coefficient (Wildman–Crippen LogP) is 0.133. The summed E-state index contributed by atoms with van der Waals surface area (Å²) in [4.78, 5) is 10.9. The summed E-state index contributed by atoms with van der Waals surface area (Å²) in [5, 5.41) is 2.04. The molecule has 1 amide bonds. The van der Waals surface area contributed by atoms with E-state index in [2.05, 4.69) is 5.43 Å². The number of hydrogen-bond donors (Lipinski definition) is 1. The fraction of sp³-hybridized carbons (Fsp3) is 0.857. The van der Waals surface area contributed by atoms with E-state index in [1.165, 1.54) is 12.8 Å². The van der Waals surface area contributed by atoms with Gasteiger partial charge in [-0.05, 0) is 18.8 Å². The summed E-state index contributed by atoms with van der Waals surface area (Å²) in [6, 6.07) is 0. The van der Waals surface area contributed by atoms with Gasteiger partial charge in [0.05, 0.1) is 0 Å². The van der Waals surface area contributed by atoms with Crippen LogP contribution in [0.2, 0.25) is 0 Å². The number of piperidine rings is 1. The molecule has 2 saturated heterocycles. The second-order valence-corrected chi connectivity index (χ2v) is 3.19. The molecule has 10 heavy (non-hydrogen) atoms. The first-order chi connectivity index (χ1) is 4.84. The molecule has 2 bridgehead atoms. The standard InChI is InChI=1S/C7H12N2O/c10-7-4-6-2-1-3-9(5-6)8-7/h6H,1-5H2,(H,8,10). The number of amides is 1. The fourth-order valence-electron chi connectivity index (χ4n) is 1.82. The van der Waals surface area contributed by atoms with Crippen LogP contribution in [-0.2, 0) is 4.79 Å². The van der Waals surface area contributed by atoms with Crippen molar-refractivity contribution in [3.05, 3.63) is 0 Å². The van der Waals surface area contributed by atoms with Crippen molar-refractivity contribution in [2.24, 2.45) is 5.92 Å². The molecule has 0 saturated carbocycles. The molecule has 2 atom stereocenters. The molecule has 2 aliphatic rings. The highest BCUT2D eigenvalue weighted by Gasteiger charge is 2.27. The molecule has 2 heterocycles. The number of carbonyl (C=O) groups excluding carboxylic acids is 1. The Balaban J connectivity index is 2.05. The summed E-state index contributed by atoms with van der Waals surface area (Å²) in [7, 11) is 0. The molecule has 2 unspecified atom stereocenters. The van der Waals surface area contributed by atoms with E-state index in [0.717, 1.165) is 19.5 Å². The molecule has 2 fully saturated rings. The summed E-state index contributed by atoms with van der Waals surface area (Å²) in [6.07, 6.45) is 3.23. The van der Waals surface area contributed by atoms with E-state index in [0.29, 0.717) is 5.92 Å². The average Bonchev–Trinajstić information content (AvgIpc) is 1.85. The van der Waals surface area contributed by atoms with Crippen molar-refractivity contribution in [1.29, 1.82) is 0 Å². The maximum Gasteiger partial charge on any atom is 0.234 e. The van der Waals surface area contributed by atoms with Gasteiger partial charge in [0.25, 0.3) is 0 Å². The minimum absolute atomic E-state index is 0.205. The molecule has 2 aliphatic heterocycles. The smallest absolute Gasteiger partial charge is 0.234 e. The van der Waals surface area contributed by atoms with Gasteiger partial charge in [-0.2, -0.15) is 0 Å². The summed E-state index contributed by atoms with van der Waals surface area (Å²) < 4.78 is 0. The van der Waals surface area contributed by atoms with Crippen molar-refractivity contribution in [2.75, 3.05) is 13.1 Å². The van der Waals surface area contributed by atoms with Crippen LogP contribution in [0.1, 0.15) is 19.3 Å². The zero-order valence-electron chi connectivity index (χ0n) is 5.97. The molecule has 0 aliphatic carbocycles. The lowest BCUT2D eigenvalue weighted by molar-refractivity contribution is -0.132. The summed E-state index contributed by atoms with van der Waals surface area (Å²) in [5.41, 5.74) is 2.84. The van der Waals surface area contributed by atoms with Crippen molar-refractivity contribution in [2.45, 2.75) is 19.3 Å². The van der Waals surface area contributed by atoms with Crippen LogP contribution < -0.4 is 5.43 Å². The molecule has 2 rings (SSSR count). The second kappa shape index (κ2) is 2.23. The Kier molecular flexibility index (Phi) is 1.38. The zero-order valence-corrected chi connectivity index (χ0v) is 5.97. The van der Waals surface area contributed by atoms with Gasteiger partial charge in [-0.25, -0.2) is 5.01 Å². The number of fused-ring (bicyclic) bond motifs is 2. The molecular formula is C7H12N2O. The first-order valence-electron chi connectivity index (χ1n) is 3.89. The summed E-state index contributed by atoms with van der Waals surface area (Å²) >= 11 is 0. The molecule has 56 valence electrons. The van der Waals surface area contributed by atoms with Crippen LogP contribution in [-0.4, -0.2) is 24.0 Å². The monoisotopic (exact) mass is 140 g/mol. The Labute approximate surface area is 60.4 Å². The van der Waals surface area contributed by atoms with Crippen LogP contribution in [0.15, 0.2) is 0 Å². The quantitative estimate of drug-likeness (QED) is 0.519. The van der Waals surface area contributed by atoms with Gasteiger partial charge < -0.3 is 0 Å². The Hall–Kier alpha value is -0.570. The maximum atomic E-state index is 10.9. The van der Waals surface area contributed by atoms with Gasteiger partial charge in [0.15, 0.2) is 0 Å². The van der Waals surface area contributed by atoms with Crippen LogP contribution >= 0.6 is 0 Å². The van der Waals surface area contributed by atoms with E-state index in [1.807, 2.05) is 5.01 Å². The zero-order chi connectivity index (χ0) is 6.97. The van der Waals surface area contributed by atoms with E-state index >= 15 is 0 Å². The highest BCUT2D eigenvalue weighted by molar-refractivity contribution is 5.76. The molecule has 0 aromatic heterocycles. The van der Waals surface area contributed by atoms with Gasteiger partial charge >= 0.3 is 0 Å². The van der Waals surface area contributed by atoms with Crippen LogP contribution in [0.4, 0.5) is 0 Å². The molecule has 0 radical (unpaired) electrons. The fourth-order valence-corrected chi connectivity index (χ4v) is 1.82. The van der Waals surface area contributed by atoms with Gasteiger partial charge in [-0.1, -0.05) is 0 Å². The van der Waals surface area contributed by atoms with Crippen molar-refractivity contribution in [1.82, 2.24) is 10.4 Å². The molecular weight excluding hydrogens is 128 g/mol. The Morgan fingerprint density at radius 2 is 2.50 bits per heavy atom. The number of rotatable bonds is 0. The maximum absolute atomic E-state index is 10.9. The SMILES string of the molecule is O=C1CC2CCCN(C2)N1. The third-order valence-corrected chi connectivity index (χ3v) is 2.28. The summed E-state index contributed by atoms with van der Waals surface area (Å²) in [6.45, 7) is 2.12. The third-order valence-electron chi connectivity index (χ3n) is 2.28. The predicted molar refractivity (Wildman–Crippen MR) is 37.1 cm³/mol. The molecule has 3 nitrogen and oxygen atoms in total. The van der Waals surface area contributed by atoms with Crippen LogP contribution in [0.25, 0.3) is 0 Å². The Bertz CT molecular complexity index is 144. The topological polar surface area (TPSA) is 32.3 Å². The van der Waals surface area contributed by atoms with Crippen LogP contribution in [0.3, 0.4) is 0 Å². The third kappa shape index (κ3) is 1.01. The van der Waals surface area contributed by atoms with Gasteiger partial charge in [-0.15, -0.1) is 0 Å². The van der Waals surface area contributed by atoms with Crippen LogP contribution in [0.5, 0.6) is 0 Å². The average molecular weight is 140 g/mol. The van der Waals surface area contributed by atoms with E-state index in [1.54, 1.807) is 0 Å². The van der Waals surface area contributed by atoms with Gasteiger partial charge in [-0.3, -0.25) is 10.2 Å². The van der Waals surface area contributed by atoms with Gasteiger partial charge in [0.2, 0.25) is 5.91 Å². The van der Waals surface area contributed by atoms with Gasteiger partial charge in [0.1, 0.15) is 0 Å². The van der Waals surface area contributed by atoms with Gasteiger partial charge in [0, 0.05) is 19.5 Å². The molecule has 0 spiro atoms. The molecule has 0 aromatic carbocycles. The minimum atomic E-state index is 0.205. The largest absolute Gasteiger partial charge is 0.289 e. The number of carbonyl (C=O) groups is 1. The lowest BCUT2D eigenvalue weighted by atomic mass is 9.94. The lowest BCUT2D eigenvalue weighted by Crippen LogP contribution is -2.53. The highest BCUT2D eigenvalue weighted by atomic mass is 16.2. The van der Waals surface area contributed by atoms with Crippen molar-refractivity contribution in [3.8, 4) is 0 Å². The normalized spacial score (nSPS) is 39.0. The minimum Gasteiger partial charge on any atom is -0.289 e. The highest BCUT2D eigenvalue weighted by Crippen LogP contribution is 2.21. The first-order valence-corrected chi connectivity index (χ1v) is 3.89. The van der Waals surface area contributed by atoms with E-state index in [4.69, 9.17) is 0 Å². The van der Waals surface area contributed by atoms with E-state index in [-0.39, 0.29) is 5.91 Å². The number of nitrogens with one attached hydrogen (secondary N) is 1. The number of hydrazine groups is 1. The van der Waals surface area contributed by atoms with Crippen molar-refractivity contribution < 1.29 is 4.79 Å². The summed E-state index contributed by atoms with van der Waals surface area (Å²) in [5.74, 6) is 0.846. The van der Waals surface area contributed by atoms with Crippen molar-refractivity contribution >= 4 is 5.91 Å².